The Morgan fingerprint density at radius 1 is 1.29 bits per heavy atom. The average molecular weight is 347 g/mol. The number of alkyl halides is 3. The van der Waals surface area contributed by atoms with Gasteiger partial charge >= 0.3 is 6.18 Å². The first-order chi connectivity index (χ1) is 11.4. The van der Waals surface area contributed by atoms with Gasteiger partial charge in [-0.15, -0.1) is 0 Å². The normalized spacial score (nSPS) is 14.2. The van der Waals surface area contributed by atoms with Gasteiger partial charge in [0.05, 0.1) is 17.9 Å². The molecule has 1 amide bonds. The summed E-state index contributed by atoms with van der Waals surface area (Å²) in [4.78, 5) is 12.1. The van der Waals surface area contributed by atoms with E-state index in [0.29, 0.717) is 6.61 Å². The number of hydrogen-bond acceptors (Lipinski definition) is 5. The predicted molar refractivity (Wildman–Crippen MR) is 77.4 cm³/mol. The molecule has 1 N–H and O–H groups in total. The first-order valence-electron chi connectivity index (χ1n) is 7.00. The summed E-state index contributed by atoms with van der Waals surface area (Å²) < 4.78 is 58.8. The van der Waals surface area contributed by atoms with E-state index in [9.17, 15) is 18.0 Å². The van der Waals surface area contributed by atoms with Gasteiger partial charge in [0.25, 0.3) is 5.91 Å². The highest BCUT2D eigenvalue weighted by Gasteiger charge is 2.31. The van der Waals surface area contributed by atoms with Gasteiger partial charge in [0.15, 0.2) is 0 Å². The zero-order chi connectivity index (χ0) is 17.6. The molecule has 0 aliphatic carbocycles. The second-order valence-corrected chi connectivity index (χ2v) is 4.71. The molecule has 24 heavy (non-hydrogen) atoms. The molecular formula is C15H16F3NO5. The summed E-state index contributed by atoms with van der Waals surface area (Å²) >= 11 is 0. The lowest BCUT2D eigenvalue weighted by molar-refractivity contribution is -0.137. The van der Waals surface area contributed by atoms with Crippen molar-refractivity contribution >= 4 is 11.6 Å². The number of rotatable bonds is 6. The Morgan fingerprint density at radius 3 is 2.71 bits per heavy atom. The largest absolute Gasteiger partial charge is 0.494 e. The van der Waals surface area contributed by atoms with Crippen molar-refractivity contribution in [3.05, 3.63) is 35.8 Å². The molecule has 0 atom stereocenters. The van der Waals surface area contributed by atoms with Gasteiger partial charge in [-0.3, -0.25) is 4.79 Å². The number of halogens is 3. The predicted octanol–water partition coefficient (Wildman–Crippen LogP) is 2.56. The van der Waals surface area contributed by atoms with Crippen LogP contribution >= 0.6 is 0 Å². The van der Waals surface area contributed by atoms with Crippen LogP contribution in [0.1, 0.15) is 5.56 Å². The molecule has 0 bridgehead atoms. The molecule has 0 spiro atoms. The monoisotopic (exact) mass is 347 g/mol. The Balaban J connectivity index is 2.22. The second kappa shape index (κ2) is 7.91. The lowest BCUT2D eigenvalue weighted by Gasteiger charge is -2.18. The number of ether oxygens (including phenoxy) is 4. The van der Waals surface area contributed by atoms with E-state index in [1.165, 1.54) is 7.11 Å². The van der Waals surface area contributed by atoms with Gasteiger partial charge in [-0.1, -0.05) is 0 Å². The van der Waals surface area contributed by atoms with Gasteiger partial charge in [0.1, 0.15) is 31.8 Å². The highest BCUT2D eigenvalue weighted by molar-refractivity contribution is 6.03. The van der Waals surface area contributed by atoms with E-state index >= 15 is 0 Å². The van der Waals surface area contributed by atoms with Gasteiger partial charge in [0.2, 0.25) is 5.76 Å². The molecule has 0 unspecified atom stereocenters. The molecule has 0 fully saturated rings. The fourth-order valence-electron chi connectivity index (χ4n) is 1.84. The molecule has 1 heterocycles. The maximum atomic E-state index is 12.9. The van der Waals surface area contributed by atoms with Crippen LogP contribution in [-0.4, -0.2) is 39.4 Å². The number of carbonyl (C=O) groups is 1. The van der Waals surface area contributed by atoms with Crippen LogP contribution in [0.25, 0.3) is 0 Å². The van der Waals surface area contributed by atoms with Crippen LogP contribution in [0.2, 0.25) is 0 Å². The Kier molecular flexibility index (Phi) is 5.91. The number of anilines is 1. The highest BCUT2D eigenvalue weighted by Crippen LogP contribution is 2.35. The zero-order valence-electron chi connectivity index (χ0n) is 12.8. The second-order valence-electron chi connectivity index (χ2n) is 4.71. The van der Waals surface area contributed by atoms with Crippen LogP contribution in [-0.2, 0) is 25.2 Å². The molecule has 0 radical (unpaired) electrons. The summed E-state index contributed by atoms with van der Waals surface area (Å²) in [6, 6.07) is 2.81. The maximum absolute atomic E-state index is 12.9. The van der Waals surface area contributed by atoms with Crippen molar-refractivity contribution in [2.24, 2.45) is 0 Å². The molecule has 1 aromatic carbocycles. The van der Waals surface area contributed by atoms with Crippen LogP contribution in [0.3, 0.4) is 0 Å². The van der Waals surface area contributed by atoms with Crippen molar-refractivity contribution in [2.45, 2.75) is 6.18 Å². The molecule has 1 aliphatic rings. The fraction of sp³-hybridized carbons (Fsp3) is 0.400. The van der Waals surface area contributed by atoms with E-state index < -0.39 is 17.6 Å². The summed E-state index contributed by atoms with van der Waals surface area (Å²) in [6.07, 6.45) is -3.44. The maximum Gasteiger partial charge on any atom is 0.416 e. The summed E-state index contributed by atoms with van der Waals surface area (Å²) in [6.45, 7) is 0.842. The minimum Gasteiger partial charge on any atom is -0.494 e. The first-order valence-corrected chi connectivity index (χ1v) is 7.00. The van der Waals surface area contributed by atoms with Crippen LogP contribution in [0, 0.1) is 0 Å². The van der Waals surface area contributed by atoms with E-state index in [-0.39, 0.29) is 37.0 Å². The van der Waals surface area contributed by atoms with Gasteiger partial charge in [-0.05, 0) is 18.2 Å². The summed E-state index contributed by atoms with van der Waals surface area (Å²) in [5.74, 6) is -0.766. The first kappa shape index (κ1) is 17.9. The van der Waals surface area contributed by atoms with Crippen molar-refractivity contribution in [3.63, 3.8) is 0 Å². The molecule has 0 saturated carbocycles. The lowest BCUT2D eigenvalue weighted by Crippen LogP contribution is -2.22. The number of carbonyl (C=O) groups excluding carboxylic acids is 1. The van der Waals surface area contributed by atoms with Gasteiger partial charge in [-0.2, -0.15) is 13.2 Å². The molecule has 6 nitrogen and oxygen atoms in total. The molecule has 1 aromatic rings. The number of amides is 1. The molecule has 0 saturated heterocycles. The van der Waals surface area contributed by atoms with E-state index in [1.54, 1.807) is 0 Å². The zero-order valence-corrected chi connectivity index (χ0v) is 12.8. The van der Waals surface area contributed by atoms with Crippen LogP contribution < -0.4 is 10.1 Å². The summed E-state index contributed by atoms with van der Waals surface area (Å²) in [5, 5.41) is 2.34. The van der Waals surface area contributed by atoms with Crippen molar-refractivity contribution in [2.75, 3.05) is 38.9 Å². The summed E-state index contributed by atoms with van der Waals surface area (Å²) in [5.41, 5.74) is -1.03. The van der Waals surface area contributed by atoms with E-state index in [4.69, 9.17) is 18.9 Å². The third-order valence-corrected chi connectivity index (χ3v) is 2.97. The number of methoxy groups -OCH3 is 1. The summed E-state index contributed by atoms with van der Waals surface area (Å²) in [7, 11) is 1.46. The Bertz CT molecular complexity index is 616. The minimum atomic E-state index is -4.55. The quantitative estimate of drug-likeness (QED) is 0.801. The van der Waals surface area contributed by atoms with Gasteiger partial charge in [-0.25, -0.2) is 0 Å². The van der Waals surface area contributed by atoms with Crippen molar-refractivity contribution < 1.29 is 36.9 Å². The van der Waals surface area contributed by atoms with Crippen molar-refractivity contribution in [1.82, 2.24) is 0 Å². The number of benzene rings is 1. The molecule has 2 rings (SSSR count). The lowest BCUT2D eigenvalue weighted by atomic mass is 10.1. The topological polar surface area (TPSA) is 66.0 Å². The fourth-order valence-corrected chi connectivity index (χ4v) is 1.84. The molecule has 0 aromatic heterocycles. The van der Waals surface area contributed by atoms with E-state index in [0.717, 1.165) is 24.5 Å². The molecule has 132 valence electrons. The van der Waals surface area contributed by atoms with Gasteiger partial charge in [0, 0.05) is 7.11 Å². The van der Waals surface area contributed by atoms with Crippen molar-refractivity contribution in [1.29, 1.82) is 0 Å². The van der Waals surface area contributed by atoms with E-state index in [2.05, 4.69) is 5.32 Å². The standard InChI is InChI=1S/C15H16F3NO5/c1-21-4-6-23-12-3-2-10(15(16,17)18)8-11(12)19-14(20)13-9-22-5-7-24-13/h2-3,8-9H,4-7H2,1H3,(H,19,20). The van der Waals surface area contributed by atoms with Crippen molar-refractivity contribution in [3.8, 4) is 5.75 Å². The number of nitrogens with one attached hydrogen (secondary N) is 1. The van der Waals surface area contributed by atoms with Gasteiger partial charge < -0.3 is 24.3 Å². The van der Waals surface area contributed by atoms with Crippen LogP contribution in [0.4, 0.5) is 18.9 Å². The Labute approximate surface area is 136 Å². The third-order valence-electron chi connectivity index (χ3n) is 2.97. The minimum absolute atomic E-state index is 0.0886. The Hall–Kier alpha value is -2.42. The molecule has 9 heteroatoms. The third kappa shape index (κ3) is 4.79. The van der Waals surface area contributed by atoms with Crippen LogP contribution in [0.15, 0.2) is 30.2 Å². The Morgan fingerprint density at radius 2 is 2.08 bits per heavy atom. The molecular weight excluding hydrogens is 331 g/mol. The average Bonchev–Trinajstić information content (AvgIpc) is 2.56. The highest BCUT2D eigenvalue weighted by atomic mass is 19.4. The van der Waals surface area contributed by atoms with Crippen LogP contribution in [0.5, 0.6) is 5.75 Å². The SMILES string of the molecule is COCCOc1ccc(C(F)(F)F)cc1NC(=O)C1=COCCO1. The van der Waals surface area contributed by atoms with E-state index in [1.807, 2.05) is 0 Å². The number of hydrogen-bond donors (Lipinski definition) is 1. The molecule has 1 aliphatic heterocycles. The smallest absolute Gasteiger partial charge is 0.416 e.